The van der Waals surface area contributed by atoms with Gasteiger partial charge < -0.3 is 16.4 Å². The third-order valence-corrected chi connectivity index (χ3v) is 2.76. The summed E-state index contributed by atoms with van der Waals surface area (Å²) in [4.78, 5) is 22.9. The van der Waals surface area contributed by atoms with Crippen LogP contribution in [-0.4, -0.2) is 23.9 Å². The number of nitrogens with one attached hydrogen (secondary N) is 2. The fourth-order valence-corrected chi connectivity index (χ4v) is 1.47. The SMILES string of the molecule is NC1(C(=O)NCC(=O)Nc2cccc(F)c2)CC1. The topological polar surface area (TPSA) is 84.2 Å². The smallest absolute Gasteiger partial charge is 0.243 e. The molecule has 18 heavy (non-hydrogen) atoms. The normalized spacial score (nSPS) is 15.9. The van der Waals surface area contributed by atoms with Gasteiger partial charge in [-0.15, -0.1) is 0 Å². The molecule has 0 unspecified atom stereocenters. The van der Waals surface area contributed by atoms with Gasteiger partial charge in [0.2, 0.25) is 11.8 Å². The average molecular weight is 251 g/mol. The third kappa shape index (κ3) is 3.04. The lowest BCUT2D eigenvalue weighted by atomic mass is 10.2. The highest BCUT2D eigenvalue weighted by atomic mass is 19.1. The van der Waals surface area contributed by atoms with Crippen molar-refractivity contribution in [3.05, 3.63) is 30.1 Å². The lowest BCUT2D eigenvalue weighted by Gasteiger charge is -2.10. The van der Waals surface area contributed by atoms with Crippen molar-refractivity contribution in [2.45, 2.75) is 18.4 Å². The van der Waals surface area contributed by atoms with Gasteiger partial charge in [-0.25, -0.2) is 4.39 Å². The van der Waals surface area contributed by atoms with E-state index in [0.717, 1.165) is 0 Å². The Bertz CT molecular complexity index is 486. The molecule has 1 aromatic carbocycles. The second kappa shape index (κ2) is 4.73. The highest BCUT2D eigenvalue weighted by molar-refractivity contribution is 5.96. The van der Waals surface area contributed by atoms with Crippen molar-refractivity contribution in [1.82, 2.24) is 5.32 Å². The number of nitrogens with two attached hydrogens (primary N) is 1. The summed E-state index contributed by atoms with van der Waals surface area (Å²) in [6.45, 7) is -0.172. The maximum atomic E-state index is 12.9. The molecular formula is C12H14FN3O2. The van der Waals surface area contributed by atoms with Gasteiger partial charge in [0.05, 0.1) is 12.1 Å². The van der Waals surface area contributed by atoms with E-state index in [0.29, 0.717) is 18.5 Å². The number of anilines is 1. The number of benzene rings is 1. The van der Waals surface area contributed by atoms with Crippen LogP contribution >= 0.6 is 0 Å². The molecule has 0 atom stereocenters. The Morgan fingerprint density at radius 2 is 2.11 bits per heavy atom. The molecule has 0 saturated heterocycles. The van der Waals surface area contributed by atoms with Crippen molar-refractivity contribution < 1.29 is 14.0 Å². The van der Waals surface area contributed by atoms with E-state index in [1.807, 2.05) is 0 Å². The summed E-state index contributed by atoms with van der Waals surface area (Å²) in [5, 5.41) is 4.93. The number of carbonyl (C=O) groups excluding carboxylic acids is 2. The summed E-state index contributed by atoms with van der Waals surface area (Å²) in [6.07, 6.45) is 1.29. The van der Waals surface area contributed by atoms with Gasteiger partial charge in [0.25, 0.3) is 0 Å². The van der Waals surface area contributed by atoms with E-state index in [9.17, 15) is 14.0 Å². The summed E-state index contributed by atoms with van der Waals surface area (Å²) >= 11 is 0. The zero-order valence-electron chi connectivity index (χ0n) is 9.70. The predicted molar refractivity (Wildman–Crippen MR) is 64.2 cm³/mol. The van der Waals surface area contributed by atoms with Gasteiger partial charge >= 0.3 is 0 Å². The standard InChI is InChI=1S/C12H14FN3O2/c13-8-2-1-3-9(6-8)16-10(17)7-15-11(18)12(14)4-5-12/h1-3,6H,4-5,7,14H2,(H,15,18)(H,16,17). The van der Waals surface area contributed by atoms with Gasteiger partial charge in [-0.2, -0.15) is 0 Å². The van der Waals surface area contributed by atoms with Crippen LogP contribution < -0.4 is 16.4 Å². The molecule has 4 N–H and O–H groups in total. The first-order valence-corrected chi connectivity index (χ1v) is 5.62. The van der Waals surface area contributed by atoms with Crippen molar-refractivity contribution in [2.75, 3.05) is 11.9 Å². The van der Waals surface area contributed by atoms with Crippen LogP contribution in [0.1, 0.15) is 12.8 Å². The molecule has 6 heteroatoms. The number of carbonyl (C=O) groups is 2. The van der Waals surface area contributed by atoms with Crippen molar-refractivity contribution in [3.63, 3.8) is 0 Å². The lowest BCUT2D eigenvalue weighted by molar-refractivity contribution is -0.125. The van der Waals surface area contributed by atoms with Crippen LogP contribution in [0, 0.1) is 5.82 Å². The number of amides is 2. The summed E-state index contributed by atoms with van der Waals surface area (Å²) in [7, 11) is 0. The molecule has 2 rings (SSSR count). The minimum atomic E-state index is -0.793. The van der Waals surface area contributed by atoms with Crippen LogP contribution in [0.2, 0.25) is 0 Å². The molecule has 0 bridgehead atoms. The minimum absolute atomic E-state index is 0.172. The van der Waals surface area contributed by atoms with Crippen molar-refractivity contribution in [3.8, 4) is 0 Å². The molecule has 1 saturated carbocycles. The molecule has 0 radical (unpaired) electrons. The fraction of sp³-hybridized carbons (Fsp3) is 0.333. The summed E-state index contributed by atoms with van der Waals surface area (Å²) in [5.41, 5.74) is 5.21. The van der Waals surface area contributed by atoms with E-state index in [-0.39, 0.29) is 12.5 Å². The van der Waals surface area contributed by atoms with Crippen LogP contribution in [0.4, 0.5) is 10.1 Å². The van der Waals surface area contributed by atoms with E-state index in [1.165, 1.54) is 18.2 Å². The number of hydrogen-bond donors (Lipinski definition) is 3. The number of hydrogen-bond acceptors (Lipinski definition) is 3. The first-order valence-electron chi connectivity index (χ1n) is 5.62. The molecule has 0 heterocycles. The van der Waals surface area contributed by atoms with Crippen molar-refractivity contribution in [1.29, 1.82) is 0 Å². The number of halogens is 1. The van der Waals surface area contributed by atoms with Crippen LogP contribution in [0.5, 0.6) is 0 Å². The third-order valence-electron chi connectivity index (χ3n) is 2.76. The molecule has 5 nitrogen and oxygen atoms in total. The predicted octanol–water partition coefficient (Wildman–Crippen LogP) is 0.372. The second-order valence-corrected chi connectivity index (χ2v) is 4.40. The molecule has 1 fully saturated rings. The van der Waals surface area contributed by atoms with Crippen molar-refractivity contribution in [2.24, 2.45) is 5.73 Å². The van der Waals surface area contributed by atoms with Gasteiger partial charge in [-0.1, -0.05) is 6.07 Å². The first kappa shape index (κ1) is 12.5. The van der Waals surface area contributed by atoms with E-state index >= 15 is 0 Å². The zero-order chi connectivity index (χ0) is 13.2. The Balaban J connectivity index is 1.80. The van der Waals surface area contributed by atoms with Gasteiger partial charge in [-0.3, -0.25) is 9.59 Å². The highest BCUT2D eigenvalue weighted by Crippen LogP contribution is 2.31. The Morgan fingerprint density at radius 3 is 2.72 bits per heavy atom. The molecule has 1 aliphatic carbocycles. The summed E-state index contributed by atoms with van der Waals surface area (Å²) in [6, 6.07) is 5.53. The summed E-state index contributed by atoms with van der Waals surface area (Å²) < 4.78 is 12.9. The molecular weight excluding hydrogens is 237 g/mol. The van der Waals surface area contributed by atoms with Gasteiger partial charge in [0, 0.05) is 5.69 Å². The molecule has 2 amide bonds. The lowest BCUT2D eigenvalue weighted by Crippen LogP contribution is -2.45. The fourth-order valence-electron chi connectivity index (χ4n) is 1.47. The summed E-state index contributed by atoms with van der Waals surface area (Å²) in [5.74, 6) is -1.18. The Morgan fingerprint density at radius 1 is 1.39 bits per heavy atom. The Hall–Kier alpha value is -1.95. The molecule has 1 aromatic rings. The second-order valence-electron chi connectivity index (χ2n) is 4.40. The quantitative estimate of drug-likeness (QED) is 0.723. The van der Waals surface area contributed by atoms with Crippen LogP contribution in [0.25, 0.3) is 0 Å². The van der Waals surface area contributed by atoms with Crippen LogP contribution in [0.15, 0.2) is 24.3 Å². The van der Waals surface area contributed by atoms with E-state index in [2.05, 4.69) is 10.6 Å². The van der Waals surface area contributed by atoms with Crippen LogP contribution in [-0.2, 0) is 9.59 Å². The molecule has 0 spiro atoms. The largest absolute Gasteiger partial charge is 0.345 e. The maximum absolute atomic E-state index is 12.9. The van der Waals surface area contributed by atoms with E-state index in [1.54, 1.807) is 6.07 Å². The highest BCUT2D eigenvalue weighted by Gasteiger charge is 2.45. The zero-order valence-corrected chi connectivity index (χ0v) is 9.70. The molecule has 0 aliphatic heterocycles. The molecule has 0 aromatic heterocycles. The number of rotatable bonds is 4. The molecule has 1 aliphatic rings. The Labute approximate surface area is 104 Å². The maximum Gasteiger partial charge on any atom is 0.243 e. The average Bonchev–Trinajstić information content (AvgIpc) is 3.05. The molecule has 96 valence electrons. The van der Waals surface area contributed by atoms with Gasteiger partial charge in [0.1, 0.15) is 5.82 Å². The monoisotopic (exact) mass is 251 g/mol. The first-order chi connectivity index (χ1) is 8.49. The van der Waals surface area contributed by atoms with Gasteiger partial charge in [0.15, 0.2) is 0 Å². The van der Waals surface area contributed by atoms with Gasteiger partial charge in [-0.05, 0) is 31.0 Å². The van der Waals surface area contributed by atoms with Crippen LogP contribution in [0.3, 0.4) is 0 Å². The minimum Gasteiger partial charge on any atom is -0.345 e. The Kier molecular flexibility index (Phi) is 3.29. The van der Waals surface area contributed by atoms with Crippen molar-refractivity contribution >= 4 is 17.5 Å². The van der Waals surface area contributed by atoms with E-state index in [4.69, 9.17) is 5.73 Å². The van der Waals surface area contributed by atoms with E-state index < -0.39 is 17.3 Å².